The molecular weight excluding hydrogens is 439 g/mol. The van der Waals surface area contributed by atoms with E-state index >= 15 is 0 Å². The average Bonchev–Trinajstić information content (AvgIpc) is 2.81. The summed E-state index contributed by atoms with van der Waals surface area (Å²) < 4.78 is 14.3. The molecule has 8 nitrogen and oxygen atoms in total. The molecule has 1 aliphatic heterocycles. The first kappa shape index (κ1) is 24.9. The van der Waals surface area contributed by atoms with Crippen LogP contribution >= 0.6 is 0 Å². The van der Waals surface area contributed by atoms with Crippen molar-refractivity contribution in [1.82, 2.24) is 20.9 Å². The molecule has 3 rings (SSSR count). The minimum atomic E-state index is -0.966. The lowest BCUT2D eigenvalue weighted by molar-refractivity contribution is -0.135. The van der Waals surface area contributed by atoms with Crippen LogP contribution in [0.3, 0.4) is 0 Å². The van der Waals surface area contributed by atoms with E-state index in [4.69, 9.17) is 0 Å². The van der Waals surface area contributed by atoms with Gasteiger partial charge in [-0.25, -0.2) is 4.39 Å². The van der Waals surface area contributed by atoms with Gasteiger partial charge in [0.15, 0.2) is 0 Å². The van der Waals surface area contributed by atoms with Gasteiger partial charge in [-0.1, -0.05) is 36.4 Å². The first-order valence-electron chi connectivity index (χ1n) is 11.2. The molecule has 1 heterocycles. The Hall–Kier alpha value is -3.75. The zero-order valence-corrected chi connectivity index (χ0v) is 19.3. The number of hydrogen-bond acceptors (Lipinski definition) is 4. The Labute approximate surface area is 197 Å². The minimum absolute atomic E-state index is 0.0641. The van der Waals surface area contributed by atoms with Gasteiger partial charge in [-0.15, -0.1) is 0 Å². The van der Waals surface area contributed by atoms with Crippen LogP contribution in [0.1, 0.15) is 47.8 Å². The molecule has 0 unspecified atom stereocenters. The second kappa shape index (κ2) is 11.4. The maximum absolute atomic E-state index is 14.3. The SMILES string of the molecule is CC(=O)N1CC(=O)NCCCc2ccc(F)c(c2)C(=O)N[C@H](C)C(=O)N[C@@H](c2ccccc2)C1. The van der Waals surface area contributed by atoms with Gasteiger partial charge < -0.3 is 20.9 Å². The van der Waals surface area contributed by atoms with Gasteiger partial charge in [0, 0.05) is 20.0 Å². The van der Waals surface area contributed by atoms with Gasteiger partial charge in [0.25, 0.3) is 5.91 Å². The Kier molecular flexibility index (Phi) is 8.34. The number of nitrogens with one attached hydrogen (secondary N) is 3. The van der Waals surface area contributed by atoms with Gasteiger partial charge >= 0.3 is 0 Å². The van der Waals surface area contributed by atoms with Crippen LogP contribution in [0.4, 0.5) is 4.39 Å². The molecular formula is C25H29FN4O4. The normalized spacial score (nSPS) is 20.6. The first-order chi connectivity index (χ1) is 16.2. The quantitative estimate of drug-likeness (QED) is 0.592. The van der Waals surface area contributed by atoms with E-state index in [0.717, 1.165) is 11.1 Å². The topological polar surface area (TPSA) is 108 Å². The number of carbonyl (C=O) groups is 4. The second-order valence-electron chi connectivity index (χ2n) is 8.33. The molecule has 0 radical (unpaired) electrons. The molecule has 0 aliphatic carbocycles. The van der Waals surface area contributed by atoms with Gasteiger partial charge in [-0.05, 0) is 43.0 Å². The van der Waals surface area contributed by atoms with Crippen molar-refractivity contribution in [2.75, 3.05) is 19.6 Å². The van der Waals surface area contributed by atoms with Gasteiger partial charge in [0.2, 0.25) is 17.7 Å². The lowest BCUT2D eigenvalue weighted by Crippen LogP contribution is -2.49. The zero-order chi connectivity index (χ0) is 24.7. The van der Waals surface area contributed by atoms with Crippen molar-refractivity contribution < 1.29 is 23.6 Å². The van der Waals surface area contributed by atoms with E-state index in [2.05, 4.69) is 16.0 Å². The van der Waals surface area contributed by atoms with E-state index in [0.29, 0.717) is 19.4 Å². The number of benzene rings is 2. The van der Waals surface area contributed by atoms with Crippen LogP contribution in [-0.2, 0) is 20.8 Å². The Bertz CT molecular complexity index is 1060. The summed E-state index contributed by atoms with van der Waals surface area (Å²) in [6.07, 6.45) is 1.09. The van der Waals surface area contributed by atoms with Crippen molar-refractivity contribution in [3.8, 4) is 0 Å². The van der Waals surface area contributed by atoms with Crippen LogP contribution in [0.15, 0.2) is 48.5 Å². The molecule has 0 aromatic heterocycles. The fourth-order valence-electron chi connectivity index (χ4n) is 3.73. The molecule has 3 N–H and O–H groups in total. The van der Waals surface area contributed by atoms with E-state index in [1.807, 2.05) is 6.07 Å². The maximum atomic E-state index is 14.3. The summed E-state index contributed by atoms with van der Waals surface area (Å²) in [4.78, 5) is 51.7. The molecule has 0 saturated carbocycles. The van der Waals surface area contributed by atoms with Crippen molar-refractivity contribution in [2.45, 2.75) is 38.8 Å². The van der Waals surface area contributed by atoms with E-state index in [1.165, 1.54) is 30.9 Å². The zero-order valence-electron chi connectivity index (χ0n) is 19.3. The standard InChI is InChI=1S/C25H29FN4O4/c1-16-24(33)29-22(19-8-4-3-5-9-19)14-30(17(2)31)15-23(32)27-12-6-7-18-10-11-21(26)20(13-18)25(34)28-16/h3-5,8-11,13,16,22H,6-7,12,14-15H2,1-2H3,(H,27,32)(H,28,34)(H,29,33)/t16-,22-/m1/s1. The number of aryl methyl sites for hydroxylation is 1. The van der Waals surface area contributed by atoms with Crippen LogP contribution in [-0.4, -0.2) is 54.2 Å². The predicted molar refractivity (Wildman–Crippen MR) is 124 cm³/mol. The molecule has 2 bridgehead atoms. The van der Waals surface area contributed by atoms with Crippen LogP contribution < -0.4 is 16.0 Å². The van der Waals surface area contributed by atoms with E-state index < -0.39 is 29.7 Å². The van der Waals surface area contributed by atoms with E-state index in [1.54, 1.807) is 30.3 Å². The summed E-state index contributed by atoms with van der Waals surface area (Å²) >= 11 is 0. The summed E-state index contributed by atoms with van der Waals surface area (Å²) in [5, 5.41) is 8.18. The fraction of sp³-hybridized carbons (Fsp3) is 0.360. The Morgan fingerprint density at radius 3 is 2.50 bits per heavy atom. The van der Waals surface area contributed by atoms with Crippen molar-refractivity contribution in [3.05, 3.63) is 71.0 Å². The summed E-state index contributed by atoms with van der Waals surface area (Å²) in [6.45, 7) is 3.14. The highest BCUT2D eigenvalue weighted by atomic mass is 19.1. The minimum Gasteiger partial charge on any atom is -0.355 e. The average molecular weight is 469 g/mol. The highest BCUT2D eigenvalue weighted by Gasteiger charge is 2.25. The van der Waals surface area contributed by atoms with Crippen molar-refractivity contribution in [1.29, 1.82) is 0 Å². The summed E-state index contributed by atoms with van der Waals surface area (Å²) in [5.41, 5.74) is 1.32. The molecule has 180 valence electrons. The molecule has 0 fully saturated rings. The molecule has 34 heavy (non-hydrogen) atoms. The predicted octanol–water partition coefficient (Wildman–Crippen LogP) is 1.71. The fourth-order valence-corrected chi connectivity index (χ4v) is 3.73. The van der Waals surface area contributed by atoms with Gasteiger partial charge in [0.05, 0.1) is 18.2 Å². The number of hydrogen-bond donors (Lipinski definition) is 3. The van der Waals surface area contributed by atoms with Crippen LogP contribution in [0.5, 0.6) is 0 Å². The van der Waals surface area contributed by atoms with Gasteiger partial charge in [0.1, 0.15) is 11.9 Å². The Balaban J connectivity index is 1.91. The van der Waals surface area contributed by atoms with Gasteiger partial charge in [-0.2, -0.15) is 0 Å². The van der Waals surface area contributed by atoms with Crippen molar-refractivity contribution in [3.63, 3.8) is 0 Å². The highest BCUT2D eigenvalue weighted by Crippen LogP contribution is 2.16. The first-order valence-corrected chi connectivity index (χ1v) is 11.2. The van der Waals surface area contributed by atoms with Crippen molar-refractivity contribution in [2.24, 2.45) is 0 Å². The highest BCUT2D eigenvalue weighted by molar-refractivity contribution is 5.97. The molecule has 0 saturated heterocycles. The molecule has 0 spiro atoms. The van der Waals surface area contributed by atoms with E-state index in [9.17, 15) is 23.6 Å². The Morgan fingerprint density at radius 1 is 1.06 bits per heavy atom. The third-order valence-corrected chi connectivity index (χ3v) is 5.68. The number of amides is 4. The lowest BCUT2D eigenvalue weighted by atomic mass is 10.0. The van der Waals surface area contributed by atoms with Crippen LogP contribution in [0.2, 0.25) is 0 Å². The summed E-state index contributed by atoms with van der Waals surface area (Å²) in [7, 11) is 0. The van der Waals surface area contributed by atoms with Gasteiger partial charge in [-0.3, -0.25) is 19.2 Å². The summed E-state index contributed by atoms with van der Waals surface area (Å²) in [5.74, 6) is -2.50. The number of rotatable bonds is 1. The number of fused-ring (bicyclic) bond motifs is 2. The van der Waals surface area contributed by atoms with E-state index in [-0.39, 0.29) is 30.5 Å². The van der Waals surface area contributed by atoms with Crippen molar-refractivity contribution >= 4 is 23.6 Å². The molecule has 1 aliphatic rings. The molecule has 2 atom stereocenters. The third kappa shape index (κ3) is 6.63. The number of halogens is 1. The molecule has 2 aromatic rings. The molecule has 2 aromatic carbocycles. The monoisotopic (exact) mass is 468 g/mol. The summed E-state index contributed by atoms with van der Waals surface area (Å²) in [6, 6.07) is 11.7. The van der Waals surface area contributed by atoms with Crippen LogP contribution in [0, 0.1) is 5.82 Å². The second-order valence-corrected chi connectivity index (χ2v) is 8.33. The maximum Gasteiger partial charge on any atom is 0.254 e. The molecule has 9 heteroatoms. The number of nitrogens with zero attached hydrogens (tertiary/aromatic N) is 1. The molecule has 4 amide bonds. The number of carbonyl (C=O) groups excluding carboxylic acids is 4. The lowest BCUT2D eigenvalue weighted by Gasteiger charge is -2.28. The van der Waals surface area contributed by atoms with Crippen LogP contribution in [0.25, 0.3) is 0 Å². The Morgan fingerprint density at radius 2 is 1.79 bits per heavy atom. The third-order valence-electron chi connectivity index (χ3n) is 5.68. The smallest absolute Gasteiger partial charge is 0.254 e. The largest absolute Gasteiger partial charge is 0.355 e.